The summed E-state index contributed by atoms with van der Waals surface area (Å²) in [6, 6.07) is 5.06. The van der Waals surface area contributed by atoms with Crippen LogP contribution in [0.4, 0.5) is 24.7 Å². The van der Waals surface area contributed by atoms with Gasteiger partial charge < -0.3 is 10.2 Å². The van der Waals surface area contributed by atoms with Crippen molar-refractivity contribution in [3.8, 4) is 0 Å². The van der Waals surface area contributed by atoms with Crippen LogP contribution in [0.25, 0.3) is 0 Å². The summed E-state index contributed by atoms with van der Waals surface area (Å²) in [5.41, 5.74) is -0.205. The Kier molecular flexibility index (Phi) is 5.21. The number of halogens is 3. The fourth-order valence-electron chi connectivity index (χ4n) is 2.85. The highest BCUT2D eigenvalue weighted by atomic mass is 19.2. The summed E-state index contributed by atoms with van der Waals surface area (Å²) in [7, 11) is 0. The molecule has 1 fully saturated rings. The van der Waals surface area contributed by atoms with Crippen LogP contribution in [0.1, 0.15) is 36.0 Å². The van der Waals surface area contributed by atoms with Crippen LogP contribution in [-0.2, 0) is 0 Å². The first-order chi connectivity index (χ1) is 12.1. The maximum Gasteiger partial charge on any atom is 0.258 e. The van der Waals surface area contributed by atoms with Gasteiger partial charge in [-0.05, 0) is 37.1 Å². The minimum atomic E-state index is -1.66. The quantitative estimate of drug-likeness (QED) is 0.848. The summed E-state index contributed by atoms with van der Waals surface area (Å²) in [4.78, 5) is 18.6. The van der Waals surface area contributed by atoms with Crippen LogP contribution in [0.2, 0.25) is 0 Å². The average Bonchev–Trinajstić information content (AvgIpc) is 2.90. The van der Waals surface area contributed by atoms with Gasteiger partial charge in [0.15, 0.2) is 17.5 Å². The van der Waals surface area contributed by atoms with Gasteiger partial charge in [0.2, 0.25) is 0 Å². The van der Waals surface area contributed by atoms with Gasteiger partial charge in [-0.3, -0.25) is 4.79 Å². The van der Waals surface area contributed by atoms with Crippen molar-refractivity contribution < 1.29 is 18.0 Å². The highest BCUT2D eigenvalue weighted by Gasteiger charge is 2.19. The molecule has 1 saturated heterocycles. The number of aromatic nitrogens is 1. The largest absolute Gasteiger partial charge is 0.357 e. The zero-order valence-electron chi connectivity index (χ0n) is 13.6. The molecule has 2 aromatic rings. The molecular weight excluding hydrogens is 331 g/mol. The van der Waals surface area contributed by atoms with Crippen LogP contribution in [0.15, 0.2) is 30.5 Å². The first-order valence-corrected chi connectivity index (χ1v) is 8.22. The molecule has 1 amide bonds. The lowest BCUT2D eigenvalue weighted by Crippen LogP contribution is -2.24. The van der Waals surface area contributed by atoms with Crippen molar-refractivity contribution in [1.29, 1.82) is 0 Å². The number of carbonyl (C=O) groups is 1. The van der Waals surface area contributed by atoms with Crippen molar-refractivity contribution in [3.05, 3.63) is 53.5 Å². The molecule has 1 aromatic heterocycles. The van der Waals surface area contributed by atoms with Gasteiger partial charge >= 0.3 is 0 Å². The predicted octanol–water partition coefficient (Wildman–Crippen LogP) is 4.13. The first-order valence-electron chi connectivity index (χ1n) is 8.22. The molecule has 1 aromatic carbocycles. The molecule has 25 heavy (non-hydrogen) atoms. The van der Waals surface area contributed by atoms with E-state index < -0.39 is 28.9 Å². The smallest absolute Gasteiger partial charge is 0.258 e. The van der Waals surface area contributed by atoms with Crippen LogP contribution < -0.4 is 10.2 Å². The van der Waals surface area contributed by atoms with Crippen molar-refractivity contribution in [2.24, 2.45) is 0 Å². The minimum absolute atomic E-state index is 0.354. The molecule has 0 bridgehead atoms. The fourth-order valence-corrected chi connectivity index (χ4v) is 2.85. The van der Waals surface area contributed by atoms with Crippen LogP contribution in [0.3, 0.4) is 0 Å². The van der Waals surface area contributed by atoms with E-state index in [9.17, 15) is 18.0 Å². The lowest BCUT2D eigenvalue weighted by atomic mass is 10.2. The molecule has 132 valence electrons. The van der Waals surface area contributed by atoms with Crippen LogP contribution in [0, 0.1) is 17.5 Å². The highest BCUT2D eigenvalue weighted by molar-refractivity contribution is 6.04. The minimum Gasteiger partial charge on any atom is -0.357 e. The average molecular weight is 349 g/mol. The predicted molar refractivity (Wildman–Crippen MR) is 89.2 cm³/mol. The zero-order chi connectivity index (χ0) is 17.8. The van der Waals surface area contributed by atoms with Crippen molar-refractivity contribution in [3.63, 3.8) is 0 Å². The molecular formula is C18H18F3N3O. The van der Waals surface area contributed by atoms with Crippen molar-refractivity contribution in [1.82, 2.24) is 4.98 Å². The summed E-state index contributed by atoms with van der Waals surface area (Å²) in [5, 5.41) is 2.44. The number of hydrogen-bond acceptors (Lipinski definition) is 3. The number of anilines is 2. The Balaban J connectivity index is 1.71. The Hall–Kier alpha value is -2.57. The number of rotatable bonds is 3. The van der Waals surface area contributed by atoms with E-state index in [1.807, 2.05) is 0 Å². The summed E-state index contributed by atoms with van der Waals surface area (Å²) in [6.45, 7) is 1.89. The van der Waals surface area contributed by atoms with E-state index in [4.69, 9.17) is 0 Å². The van der Waals surface area contributed by atoms with E-state index in [1.54, 1.807) is 12.1 Å². The molecule has 4 nitrogen and oxygen atoms in total. The topological polar surface area (TPSA) is 45.2 Å². The SMILES string of the molecule is O=C(Nc1ccc(N2CCCCCC2)nc1)c1ccc(F)c(F)c1F. The third kappa shape index (κ3) is 3.92. The van der Waals surface area contributed by atoms with Crippen molar-refractivity contribution in [2.75, 3.05) is 23.3 Å². The van der Waals surface area contributed by atoms with Gasteiger partial charge in [-0.15, -0.1) is 0 Å². The molecule has 2 heterocycles. The molecule has 0 aliphatic carbocycles. The lowest BCUT2D eigenvalue weighted by molar-refractivity contribution is 0.102. The van der Waals surface area contributed by atoms with E-state index in [1.165, 1.54) is 19.0 Å². The third-order valence-electron chi connectivity index (χ3n) is 4.22. The van der Waals surface area contributed by atoms with Crippen LogP contribution >= 0.6 is 0 Å². The summed E-state index contributed by atoms with van der Waals surface area (Å²) in [6.07, 6.45) is 6.13. The van der Waals surface area contributed by atoms with E-state index >= 15 is 0 Å². The Labute approximate surface area is 143 Å². The van der Waals surface area contributed by atoms with Gasteiger partial charge in [0.25, 0.3) is 5.91 Å². The van der Waals surface area contributed by atoms with Gasteiger partial charge in [0.05, 0.1) is 17.4 Å². The maximum atomic E-state index is 13.7. The van der Waals surface area contributed by atoms with Crippen molar-refractivity contribution >= 4 is 17.4 Å². The molecule has 1 aliphatic heterocycles. The molecule has 0 atom stereocenters. The molecule has 7 heteroatoms. The maximum absolute atomic E-state index is 13.7. The number of hydrogen-bond donors (Lipinski definition) is 1. The molecule has 1 aliphatic rings. The summed E-state index contributed by atoms with van der Waals surface area (Å²) in [5.74, 6) is -4.55. The lowest BCUT2D eigenvalue weighted by Gasteiger charge is -2.21. The van der Waals surface area contributed by atoms with Gasteiger partial charge in [0, 0.05) is 13.1 Å². The Morgan fingerprint density at radius 3 is 2.32 bits per heavy atom. The molecule has 0 saturated carbocycles. The Morgan fingerprint density at radius 2 is 1.68 bits per heavy atom. The fraction of sp³-hybridized carbons (Fsp3) is 0.333. The van der Waals surface area contributed by atoms with Gasteiger partial charge in [-0.25, -0.2) is 18.2 Å². The standard InChI is InChI=1S/C18H18F3N3O/c19-14-7-6-13(16(20)17(14)21)18(25)23-12-5-8-15(22-11-12)24-9-3-1-2-4-10-24/h5-8,11H,1-4,9-10H2,(H,23,25). The zero-order valence-corrected chi connectivity index (χ0v) is 13.6. The number of nitrogens with one attached hydrogen (secondary N) is 1. The van der Waals surface area contributed by atoms with E-state index in [2.05, 4.69) is 15.2 Å². The third-order valence-corrected chi connectivity index (χ3v) is 4.22. The van der Waals surface area contributed by atoms with E-state index in [-0.39, 0.29) is 0 Å². The Morgan fingerprint density at radius 1 is 0.960 bits per heavy atom. The van der Waals surface area contributed by atoms with E-state index in [0.717, 1.165) is 37.8 Å². The number of nitrogens with zero attached hydrogens (tertiary/aromatic N) is 2. The second kappa shape index (κ2) is 7.55. The summed E-state index contributed by atoms with van der Waals surface area (Å²) < 4.78 is 39.8. The van der Waals surface area contributed by atoms with Crippen molar-refractivity contribution in [2.45, 2.75) is 25.7 Å². The second-order valence-electron chi connectivity index (χ2n) is 5.98. The number of pyridine rings is 1. The highest BCUT2D eigenvalue weighted by Crippen LogP contribution is 2.20. The molecule has 1 N–H and O–H groups in total. The van der Waals surface area contributed by atoms with Gasteiger partial charge in [0.1, 0.15) is 5.82 Å². The second-order valence-corrected chi connectivity index (χ2v) is 5.98. The Bertz CT molecular complexity index is 757. The molecule has 0 radical (unpaired) electrons. The van der Waals surface area contributed by atoms with Crippen LogP contribution in [-0.4, -0.2) is 24.0 Å². The van der Waals surface area contributed by atoms with Gasteiger partial charge in [-0.1, -0.05) is 12.8 Å². The number of carbonyl (C=O) groups excluding carboxylic acids is 1. The van der Waals surface area contributed by atoms with Gasteiger partial charge in [-0.2, -0.15) is 0 Å². The molecule has 0 unspecified atom stereocenters. The first kappa shape index (κ1) is 17.3. The van der Waals surface area contributed by atoms with Crippen LogP contribution in [0.5, 0.6) is 0 Å². The molecule has 0 spiro atoms. The summed E-state index contributed by atoms with van der Waals surface area (Å²) >= 11 is 0. The molecule has 3 rings (SSSR count). The monoisotopic (exact) mass is 349 g/mol. The number of benzene rings is 1. The normalized spacial score (nSPS) is 14.9. The number of amides is 1. The van der Waals surface area contributed by atoms with E-state index in [0.29, 0.717) is 11.8 Å².